The Hall–Kier alpha value is -11.1. The van der Waals surface area contributed by atoms with E-state index < -0.39 is 334 Å². The predicted octanol–water partition coefficient (Wildman–Crippen LogP) is -1.22. The van der Waals surface area contributed by atoms with Crippen molar-refractivity contribution in [3.05, 3.63) is 176 Å². The molecule has 0 spiro atoms. The third-order valence-corrected chi connectivity index (χ3v) is 25.6. The average molecular weight is 1960 g/mol. The van der Waals surface area contributed by atoms with Gasteiger partial charge in [-0.05, 0) is 140 Å². The summed E-state index contributed by atoms with van der Waals surface area (Å²) in [6, 6.07) is 5.97. The zero-order valence-corrected chi connectivity index (χ0v) is 74.7. The normalized spacial score (nSPS) is 33.8. The highest BCUT2D eigenvalue weighted by Crippen LogP contribution is 2.51. The van der Waals surface area contributed by atoms with Crippen molar-refractivity contribution < 1.29 is 177 Å². The average Bonchev–Trinajstić information content (AvgIpc) is 0.759. The maximum Gasteiger partial charge on any atom is 0.330 e. The van der Waals surface area contributed by atoms with Crippen molar-refractivity contribution in [1.82, 2.24) is 37.2 Å². The maximum atomic E-state index is 17.0. The Bertz CT molecular complexity index is 5580. The number of carboxylic acid groups (broad SMARTS) is 1. The van der Waals surface area contributed by atoms with Crippen LogP contribution in [-0.4, -0.2) is 304 Å². The number of nitrogens with two attached hydrogens (primary N) is 2. The predicted molar refractivity (Wildman–Crippen MR) is 466 cm³/mol. The summed E-state index contributed by atoms with van der Waals surface area (Å²) in [6.07, 6.45) is -39.1. The van der Waals surface area contributed by atoms with Gasteiger partial charge in [0.05, 0.1) is 53.8 Å². The molecule has 11 bridgehead atoms. The molecule has 5 saturated heterocycles. The van der Waals surface area contributed by atoms with Gasteiger partial charge in [0.15, 0.2) is 42.5 Å². The summed E-state index contributed by atoms with van der Waals surface area (Å²) in [4.78, 5) is 112. The number of phenols is 4. The highest BCUT2D eigenvalue weighted by molar-refractivity contribution is 6.32. The number of benzene rings is 7. The lowest BCUT2D eigenvalue weighted by atomic mass is 9.89. The summed E-state index contributed by atoms with van der Waals surface area (Å²) >= 11 is 14.2. The molecule has 0 radical (unpaired) electrons. The number of phenolic OH excluding ortho intramolecular Hbond substituents is 4. The molecule has 0 aromatic heterocycles. The van der Waals surface area contributed by atoms with E-state index in [9.17, 15) is 86.5 Å². The number of aliphatic carboxylic acids is 1. The zero-order valence-electron chi connectivity index (χ0n) is 73.2. The van der Waals surface area contributed by atoms with Gasteiger partial charge in [0.2, 0.25) is 53.8 Å². The van der Waals surface area contributed by atoms with Gasteiger partial charge in [0.25, 0.3) is 0 Å². The molecule has 6 amide bonds. The number of aliphatic hydroxyl groups excluding tert-OH is 11. The number of ether oxygens (including phenoxy) is 13. The summed E-state index contributed by atoms with van der Waals surface area (Å²) in [5, 5.41) is 198. The van der Waals surface area contributed by atoms with E-state index in [0.29, 0.717) is 0 Å². The van der Waals surface area contributed by atoms with Crippen molar-refractivity contribution in [3.8, 4) is 68.6 Å². The van der Waals surface area contributed by atoms with Crippen LogP contribution in [0.1, 0.15) is 115 Å². The molecular formula is C90H103Cl2N9O36. The number of aliphatic hydroxyl groups is 11. The van der Waals surface area contributed by atoms with Crippen LogP contribution in [0, 0.1) is 0 Å². The molecule has 7 aromatic rings. The molecule has 17 rings (SSSR count). The van der Waals surface area contributed by atoms with Gasteiger partial charge in [0, 0.05) is 54.8 Å². The van der Waals surface area contributed by atoms with Crippen LogP contribution in [0.2, 0.25) is 10.0 Å². The smallest absolute Gasteiger partial charge is 0.330 e. The monoisotopic (exact) mass is 1960 g/mol. The quantitative estimate of drug-likeness (QED) is 0.0451. The summed E-state index contributed by atoms with van der Waals surface area (Å²) in [7, 11) is 2.61. The number of carbonyl (C=O) groups is 7. The van der Waals surface area contributed by atoms with Gasteiger partial charge in [-0.1, -0.05) is 65.7 Å². The van der Waals surface area contributed by atoms with E-state index in [0.717, 1.165) is 72.8 Å². The number of likely N-dealkylation sites (N-methyl/N-ethyl adjacent to an activating group) is 1. The minimum Gasteiger partial charge on any atom is -0.508 e. The lowest BCUT2D eigenvalue weighted by Crippen LogP contribution is -2.62. The fourth-order valence-electron chi connectivity index (χ4n) is 17.5. The SMILES string of the molecule is CNC(C(=O)NC1C(=O)NC(c2ccc(O)c(Cl)c2)C(=O)NC2C(=O)NC3C(=O)NC(C(=O)NC(C(=O)O)c4cc(O)cc(O)c4-c4cc3ccc4O)C(O[C@H]3C[C@@H](N)[C@@H](O)[C@H](C)O3)c3ccc(c(Cl)c3)Oc3cc2cc(c3O[C@H]2O[C@@H](CO)[C@H](O)[C@@H](O)[C@@H]2O[C@H]2C[C@@H](N)[C@@H](O)[C@H](C)O2)Oc2ccc(cc2)C1OC1O[C@H](CO)[C@@H](O)[C@H](O)[C@@H]1O)c1ccc(O[C@@H]2O[C@H](C)[C@@H](O)[C@H](O)[C@@H]2OC)cc1. The van der Waals surface area contributed by atoms with Crippen LogP contribution in [0.3, 0.4) is 0 Å². The van der Waals surface area contributed by atoms with Gasteiger partial charge in [-0.15, -0.1) is 0 Å². The van der Waals surface area contributed by atoms with E-state index in [2.05, 4.69) is 37.2 Å². The zero-order chi connectivity index (χ0) is 98.5. The van der Waals surface area contributed by atoms with Crippen LogP contribution in [0.15, 0.2) is 127 Å². The van der Waals surface area contributed by atoms with Gasteiger partial charge in [0.1, 0.15) is 150 Å². The molecule has 0 aliphatic carbocycles. The Morgan fingerprint density at radius 1 is 0.489 bits per heavy atom. The minimum atomic E-state index is -2.49. The number of carbonyl (C=O) groups excluding carboxylic acids is 6. The van der Waals surface area contributed by atoms with Crippen LogP contribution in [0.5, 0.6) is 57.5 Å². The van der Waals surface area contributed by atoms with E-state index in [1.165, 1.54) is 89.5 Å². The van der Waals surface area contributed by atoms with Crippen LogP contribution in [-0.2, 0) is 76.2 Å². The van der Waals surface area contributed by atoms with Crippen molar-refractivity contribution in [1.29, 1.82) is 0 Å². The second kappa shape index (κ2) is 41.9. The second-order valence-electron chi connectivity index (χ2n) is 34.2. The van der Waals surface area contributed by atoms with E-state index in [1.807, 2.05) is 0 Å². The van der Waals surface area contributed by atoms with E-state index in [4.69, 9.17) is 96.2 Å². The molecule has 738 valence electrons. The number of halogens is 2. The lowest BCUT2D eigenvalue weighted by molar-refractivity contribution is -0.330. The molecule has 45 nitrogen and oxygen atoms in total. The van der Waals surface area contributed by atoms with Gasteiger partial charge in [-0.2, -0.15) is 0 Å². The van der Waals surface area contributed by atoms with E-state index >= 15 is 28.8 Å². The number of rotatable bonds is 19. The topological polar surface area (TPSA) is 699 Å². The van der Waals surface area contributed by atoms with Crippen molar-refractivity contribution in [2.75, 3.05) is 27.4 Å². The molecule has 5 fully saturated rings. The van der Waals surface area contributed by atoms with Gasteiger partial charge in [-0.25, -0.2) is 4.79 Å². The Labute approximate surface area is 788 Å². The highest BCUT2D eigenvalue weighted by atomic mass is 35.5. The summed E-state index contributed by atoms with van der Waals surface area (Å²) < 4.78 is 82.0. The maximum absolute atomic E-state index is 17.0. The second-order valence-corrected chi connectivity index (χ2v) is 35.0. The Morgan fingerprint density at radius 2 is 1.03 bits per heavy atom. The van der Waals surface area contributed by atoms with E-state index in [1.54, 1.807) is 0 Å². The number of hydrogen-bond donors (Lipinski definition) is 25. The largest absolute Gasteiger partial charge is 0.508 e. The van der Waals surface area contributed by atoms with E-state index in [-0.39, 0.29) is 46.6 Å². The number of hydrogen-bond acceptors (Lipinski definition) is 38. The number of carboxylic acids is 1. The van der Waals surface area contributed by atoms with Crippen molar-refractivity contribution in [2.24, 2.45) is 11.5 Å². The first-order valence-electron chi connectivity index (χ1n) is 43.3. The first-order valence-corrected chi connectivity index (χ1v) is 44.1. The van der Waals surface area contributed by atoms with Crippen LogP contribution in [0.4, 0.5) is 0 Å². The fraction of sp³-hybridized carbons (Fsp3) is 0.456. The molecule has 10 unspecified atom stereocenters. The molecule has 47 heteroatoms. The molecule has 10 heterocycles. The minimum absolute atomic E-state index is 0.0847. The summed E-state index contributed by atoms with van der Waals surface area (Å²) in [5.41, 5.74) is 9.57. The van der Waals surface area contributed by atoms with Crippen LogP contribution < -0.4 is 67.6 Å². The molecule has 32 atom stereocenters. The van der Waals surface area contributed by atoms with Gasteiger partial charge < -0.3 is 192 Å². The van der Waals surface area contributed by atoms with Crippen LogP contribution in [0.25, 0.3) is 11.1 Å². The molecule has 0 saturated carbocycles. The Balaban J connectivity index is 0.955. The Kier molecular flexibility index (Phi) is 30.7. The standard InChI is InChI=1S/C90H103Cl2N9O36/c1-31-67(108)47(93)27-57(126-31)134-77-38-12-19-52(46(92)22-38)131-54-24-39-23-53(78(54)137-90-80(74(115)71(112)56(30-103)133-90)135-58-28-48(94)68(109)32(2)127-58)129-41-15-8-35(9-16-41)76(136-88-75(116)72(113)70(111)55(29-102)132-88)65(100-81(117)60(95-4)34-6-13-42(14-7-34)130-89-79(125-5)73(114)69(110)33(3)128-89)85(121)97-62(37-11-18-50(106)45(91)21-37)82(118)98-63(39)84(120)96-61-36-10-17-49(105)43(20-36)59-44(25-40(104)26-51(59)107)64(87(123)124)99-86(122)66(77)101-83(61)119/h6-26,31-33,47-48,55-58,60-77,79-80,88-90,95,102-116H,27-30,93-94H2,1-5H3,(H,96,120)(H,97,121)(H,98,118)(H,99,122)(H,100,117)(H,101,119)(H,123,124)/t31-,32-,33+,47+,48+,55+,56-,57-,58-,60?,61?,62?,63?,64?,65?,66?,67-,68-,69+,70+,71-,72-,73-,74+,75-,76?,77?,79-,80-,88?,89-,90+/m0/s1. The molecule has 137 heavy (non-hydrogen) atoms. The first-order chi connectivity index (χ1) is 65.2. The number of fused-ring (bicyclic) bond motifs is 15. The third kappa shape index (κ3) is 21.0. The molecule has 10 aliphatic heterocycles. The molecule has 27 N–H and O–H groups in total. The van der Waals surface area contributed by atoms with Gasteiger partial charge in [-0.3, -0.25) is 28.8 Å². The molecule has 10 aliphatic rings. The molecule has 7 aromatic carbocycles. The summed E-state index contributed by atoms with van der Waals surface area (Å²) in [6.45, 7) is 2.33. The van der Waals surface area contributed by atoms with Gasteiger partial charge >= 0.3 is 5.97 Å². The number of amides is 6. The van der Waals surface area contributed by atoms with Crippen LogP contribution >= 0.6 is 23.2 Å². The summed E-state index contributed by atoms with van der Waals surface area (Å²) in [5.74, 6) is -16.1. The fourth-order valence-corrected chi connectivity index (χ4v) is 17.9. The number of aromatic hydroxyl groups is 4. The lowest BCUT2D eigenvalue weighted by Gasteiger charge is -2.44. The van der Waals surface area contributed by atoms with Crippen molar-refractivity contribution in [2.45, 2.75) is 229 Å². The highest BCUT2D eigenvalue weighted by Gasteiger charge is 2.53. The number of nitrogens with one attached hydrogen (secondary N) is 7. The number of methoxy groups -OCH3 is 1. The third-order valence-electron chi connectivity index (χ3n) is 25.0. The first kappa shape index (κ1) is 100. The van der Waals surface area contributed by atoms with Crippen molar-refractivity contribution >= 4 is 64.6 Å². The van der Waals surface area contributed by atoms with Crippen molar-refractivity contribution in [3.63, 3.8) is 0 Å². The Morgan fingerprint density at radius 3 is 1.63 bits per heavy atom. The molecular weight excluding hydrogens is 1850 g/mol.